The number of hydrogen-bond donors (Lipinski definition) is 1. The van der Waals surface area contributed by atoms with E-state index in [0.717, 1.165) is 28.1 Å². The molecule has 0 spiro atoms. The fourth-order valence-corrected chi connectivity index (χ4v) is 5.90. The minimum atomic E-state index is -0.270. The summed E-state index contributed by atoms with van der Waals surface area (Å²) in [6, 6.07) is 13.2. The highest BCUT2D eigenvalue weighted by atomic mass is 35.5. The van der Waals surface area contributed by atoms with Crippen molar-refractivity contribution in [1.29, 1.82) is 0 Å². The smallest absolute Gasteiger partial charge is 0.283 e. The number of nitrogens with one attached hydrogen (secondary N) is 1. The number of amides is 1. The van der Waals surface area contributed by atoms with Crippen molar-refractivity contribution >= 4 is 62.2 Å². The molecule has 0 bridgehead atoms. The molecule has 2 aromatic heterocycles. The number of carbonyl (C=O) groups excluding carboxylic acids is 1. The number of halogens is 1. The average Bonchev–Trinajstić information content (AvgIpc) is 3.12. The van der Waals surface area contributed by atoms with Gasteiger partial charge in [-0.25, -0.2) is 4.98 Å². The Morgan fingerprint density at radius 3 is 2.61 bits per heavy atom. The lowest BCUT2D eigenvalue weighted by Gasteiger charge is -2.15. The van der Waals surface area contributed by atoms with Gasteiger partial charge in [0.15, 0.2) is 5.16 Å². The van der Waals surface area contributed by atoms with Gasteiger partial charge in [-0.05, 0) is 55.7 Å². The van der Waals surface area contributed by atoms with E-state index in [4.69, 9.17) is 11.6 Å². The van der Waals surface area contributed by atoms with Crippen LogP contribution in [0.25, 0.3) is 10.2 Å². The van der Waals surface area contributed by atoms with Crippen LogP contribution < -0.4 is 10.9 Å². The van der Waals surface area contributed by atoms with Crippen molar-refractivity contribution in [3.63, 3.8) is 0 Å². The third kappa shape index (κ3) is 3.99. The van der Waals surface area contributed by atoms with Crippen LogP contribution in [-0.2, 0) is 0 Å². The molecule has 6 nitrogen and oxygen atoms in total. The molecule has 1 aliphatic rings. The summed E-state index contributed by atoms with van der Waals surface area (Å²) in [5.41, 5.74) is 4.88. The third-order valence-corrected chi connectivity index (χ3v) is 7.86. The van der Waals surface area contributed by atoms with Gasteiger partial charge in [0.25, 0.3) is 11.5 Å². The molecule has 33 heavy (non-hydrogen) atoms. The van der Waals surface area contributed by atoms with Crippen molar-refractivity contribution in [3.05, 3.63) is 85.0 Å². The maximum Gasteiger partial charge on any atom is 0.283 e. The first-order valence-electron chi connectivity index (χ1n) is 10.2. The fraction of sp³-hybridized carbons (Fsp3) is 0.167. The zero-order valence-electron chi connectivity index (χ0n) is 18.1. The van der Waals surface area contributed by atoms with E-state index >= 15 is 0 Å². The molecule has 1 aliphatic heterocycles. The van der Waals surface area contributed by atoms with Crippen LogP contribution in [-0.4, -0.2) is 27.0 Å². The second-order valence-electron chi connectivity index (χ2n) is 7.86. The lowest BCUT2D eigenvalue weighted by Crippen LogP contribution is -2.25. The van der Waals surface area contributed by atoms with Crippen LogP contribution in [0, 0.1) is 20.8 Å². The Morgan fingerprint density at radius 2 is 1.88 bits per heavy atom. The maximum atomic E-state index is 13.4. The average molecular weight is 495 g/mol. The Balaban J connectivity index is 1.55. The molecule has 0 saturated carbocycles. The molecule has 0 saturated heterocycles. The molecule has 0 aliphatic carbocycles. The van der Waals surface area contributed by atoms with Gasteiger partial charge in [0, 0.05) is 16.5 Å². The lowest BCUT2D eigenvalue weighted by molar-refractivity contribution is 0.103. The summed E-state index contributed by atoms with van der Waals surface area (Å²) in [5, 5.41) is 9.14. The minimum absolute atomic E-state index is 0.247. The predicted molar refractivity (Wildman–Crippen MR) is 137 cm³/mol. The van der Waals surface area contributed by atoms with Crippen LogP contribution in [0.2, 0.25) is 5.02 Å². The van der Waals surface area contributed by atoms with Crippen molar-refractivity contribution < 1.29 is 4.79 Å². The molecule has 3 heterocycles. The summed E-state index contributed by atoms with van der Waals surface area (Å²) in [6.07, 6.45) is 0. The van der Waals surface area contributed by atoms with Crippen LogP contribution in [0.3, 0.4) is 0 Å². The number of thiophene rings is 1. The van der Waals surface area contributed by atoms with Crippen molar-refractivity contribution in [2.75, 3.05) is 11.1 Å². The highest BCUT2D eigenvalue weighted by molar-refractivity contribution is 7.99. The van der Waals surface area contributed by atoms with E-state index in [1.807, 2.05) is 44.2 Å². The molecule has 0 unspecified atom stereocenters. The summed E-state index contributed by atoms with van der Waals surface area (Å²) in [5.74, 6) is 0.340. The van der Waals surface area contributed by atoms with Gasteiger partial charge in [-0.15, -0.1) is 11.3 Å². The minimum Gasteiger partial charge on any atom is -0.321 e. The van der Waals surface area contributed by atoms with Gasteiger partial charge in [0.2, 0.25) is 0 Å². The van der Waals surface area contributed by atoms with Gasteiger partial charge >= 0.3 is 0 Å². The van der Waals surface area contributed by atoms with Gasteiger partial charge in [-0.1, -0.05) is 53.2 Å². The van der Waals surface area contributed by atoms with Crippen molar-refractivity contribution in [3.8, 4) is 0 Å². The van der Waals surface area contributed by atoms with E-state index in [0.29, 0.717) is 36.6 Å². The van der Waals surface area contributed by atoms with Crippen molar-refractivity contribution in [2.24, 2.45) is 5.10 Å². The third-order valence-electron chi connectivity index (χ3n) is 5.49. The Bertz CT molecular complexity index is 1520. The summed E-state index contributed by atoms with van der Waals surface area (Å²) in [6.45, 7) is 5.75. The van der Waals surface area contributed by atoms with Gasteiger partial charge in [0.05, 0.1) is 16.0 Å². The SMILES string of the molecule is Cc1ccc(NC(=O)c2sc3nc4n(c(=O)c3c2C)N=C(c2ccc(Cl)cc2)CS4)c(C)c1. The van der Waals surface area contributed by atoms with E-state index < -0.39 is 0 Å². The second-order valence-corrected chi connectivity index (χ2v) is 10.2. The summed E-state index contributed by atoms with van der Waals surface area (Å²) >= 11 is 8.67. The molecule has 4 aromatic rings. The molecule has 0 atom stereocenters. The number of rotatable bonds is 3. The lowest BCUT2D eigenvalue weighted by atomic mass is 10.1. The molecular weight excluding hydrogens is 476 g/mol. The highest BCUT2D eigenvalue weighted by Crippen LogP contribution is 2.31. The van der Waals surface area contributed by atoms with Crippen LogP contribution >= 0.6 is 34.7 Å². The molecular formula is C24H19ClN4O2S2. The molecule has 1 N–H and O–H groups in total. The van der Waals surface area contributed by atoms with Gasteiger partial charge in [-0.2, -0.15) is 9.78 Å². The normalized spacial score (nSPS) is 13.0. The topological polar surface area (TPSA) is 76.3 Å². The van der Waals surface area contributed by atoms with Gasteiger partial charge < -0.3 is 5.32 Å². The number of nitrogens with zero attached hydrogens (tertiary/aromatic N) is 3. The molecule has 5 rings (SSSR count). The predicted octanol–water partition coefficient (Wildman–Crippen LogP) is 5.65. The first-order valence-corrected chi connectivity index (χ1v) is 12.4. The molecule has 9 heteroatoms. The first kappa shape index (κ1) is 21.9. The van der Waals surface area contributed by atoms with Crippen molar-refractivity contribution in [2.45, 2.75) is 25.9 Å². The number of fused-ring (bicyclic) bond motifs is 2. The zero-order chi connectivity index (χ0) is 23.3. The Labute approximate surface area is 203 Å². The summed E-state index contributed by atoms with van der Waals surface area (Å²) < 4.78 is 1.34. The van der Waals surface area contributed by atoms with Crippen LogP contribution in [0.15, 0.2) is 57.5 Å². The number of thioether (sulfide) groups is 1. The number of hydrogen-bond acceptors (Lipinski definition) is 6. The number of anilines is 1. The Hall–Kier alpha value is -2.94. The quantitative estimate of drug-likeness (QED) is 0.373. The van der Waals surface area contributed by atoms with E-state index in [-0.39, 0.29) is 11.5 Å². The second kappa shape index (κ2) is 8.44. The summed E-state index contributed by atoms with van der Waals surface area (Å²) in [7, 11) is 0. The van der Waals surface area contributed by atoms with Gasteiger partial charge in [0.1, 0.15) is 4.83 Å². The molecule has 2 aromatic carbocycles. The largest absolute Gasteiger partial charge is 0.321 e. The van der Waals surface area contributed by atoms with Crippen LogP contribution in [0.4, 0.5) is 5.69 Å². The summed E-state index contributed by atoms with van der Waals surface area (Å²) in [4.78, 5) is 32.1. The first-order chi connectivity index (χ1) is 15.8. The fourth-order valence-electron chi connectivity index (χ4n) is 3.75. The van der Waals surface area contributed by atoms with Gasteiger partial charge in [-0.3, -0.25) is 9.59 Å². The molecule has 0 radical (unpaired) electrons. The zero-order valence-corrected chi connectivity index (χ0v) is 20.5. The monoisotopic (exact) mass is 494 g/mol. The van der Waals surface area contributed by atoms with Crippen LogP contribution in [0.1, 0.15) is 31.9 Å². The highest BCUT2D eigenvalue weighted by Gasteiger charge is 2.24. The Morgan fingerprint density at radius 1 is 1.12 bits per heavy atom. The van der Waals surface area contributed by atoms with Crippen LogP contribution in [0.5, 0.6) is 0 Å². The molecule has 0 fully saturated rings. The van der Waals surface area contributed by atoms with Crippen molar-refractivity contribution in [1.82, 2.24) is 9.66 Å². The molecule has 1 amide bonds. The number of aromatic nitrogens is 2. The number of carbonyl (C=O) groups is 1. The van der Waals surface area contributed by atoms with E-state index in [1.165, 1.54) is 27.8 Å². The number of aryl methyl sites for hydroxylation is 3. The van der Waals surface area contributed by atoms with E-state index in [1.54, 1.807) is 19.1 Å². The standard InChI is InChI=1S/C24H19ClN4O2S2/c1-12-4-9-17(13(2)10-12)26-21(30)20-14(3)19-22(33-20)27-24-29(23(19)31)28-18(11-32-24)15-5-7-16(25)8-6-15/h4-10H,11H2,1-3H3,(H,26,30). The number of benzene rings is 2. The van der Waals surface area contributed by atoms with E-state index in [2.05, 4.69) is 15.4 Å². The molecule has 166 valence electrons. The Kier molecular flexibility index (Phi) is 5.60. The maximum absolute atomic E-state index is 13.4. The van der Waals surface area contributed by atoms with E-state index in [9.17, 15) is 9.59 Å².